The number of nitrogens with zero attached hydrogens (tertiary/aromatic N) is 2. The first-order chi connectivity index (χ1) is 9.61. The minimum atomic E-state index is -0.148. The van der Waals surface area contributed by atoms with E-state index in [4.69, 9.17) is 10.7 Å². The van der Waals surface area contributed by atoms with Crippen LogP contribution in [0.25, 0.3) is 10.2 Å². The molecule has 0 unspecified atom stereocenters. The quantitative estimate of drug-likeness (QED) is 0.887. The number of pyridine rings is 1. The number of amides is 1. The number of hydrogen-bond donors (Lipinski definition) is 2. The van der Waals surface area contributed by atoms with Crippen LogP contribution < -0.4 is 11.1 Å². The monoisotopic (exact) mass is 290 g/mol. The summed E-state index contributed by atoms with van der Waals surface area (Å²) in [4.78, 5) is 20.2. The molecule has 6 heteroatoms. The summed E-state index contributed by atoms with van der Waals surface area (Å²) in [6, 6.07) is 4.40. The topological polar surface area (TPSA) is 71.2 Å². The first-order valence-electron chi connectivity index (χ1n) is 6.73. The fourth-order valence-electron chi connectivity index (χ4n) is 2.76. The lowest BCUT2D eigenvalue weighted by molar-refractivity contribution is 0.0968. The molecule has 0 aliphatic carbocycles. The van der Waals surface area contributed by atoms with E-state index in [1.165, 1.54) is 17.8 Å². The van der Waals surface area contributed by atoms with Crippen LogP contribution in [0.3, 0.4) is 0 Å². The van der Waals surface area contributed by atoms with Crippen LogP contribution >= 0.6 is 11.3 Å². The van der Waals surface area contributed by atoms with Crippen molar-refractivity contribution in [3.8, 4) is 0 Å². The maximum absolute atomic E-state index is 11.8. The molecule has 1 amide bonds. The first kappa shape index (κ1) is 13.3. The fourth-order valence-corrected chi connectivity index (χ4v) is 3.81. The highest BCUT2D eigenvalue weighted by molar-refractivity contribution is 7.21. The van der Waals surface area contributed by atoms with E-state index in [1.54, 1.807) is 7.05 Å². The average Bonchev–Trinajstić information content (AvgIpc) is 3.02. The Morgan fingerprint density at radius 2 is 2.35 bits per heavy atom. The lowest BCUT2D eigenvalue weighted by atomic mass is 10.1. The number of rotatable bonds is 2. The third-order valence-electron chi connectivity index (χ3n) is 3.91. The van der Waals surface area contributed by atoms with E-state index in [0.29, 0.717) is 16.6 Å². The van der Waals surface area contributed by atoms with E-state index in [0.717, 1.165) is 28.9 Å². The number of anilines is 1. The summed E-state index contributed by atoms with van der Waals surface area (Å²) >= 11 is 1.36. The summed E-state index contributed by atoms with van der Waals surface area (Å²) in [5.41, 5.74) is 7.65. The van der Waals surface area contributed by atoms with Crippen molar-refractivity contribution in [2.75, 3.05) is 26.4 Å². The number of fused-ring (bicyclic) bond motifs is 1. The molecule has 0 spiro atoms. The fraction of sp³-hybridized carbons (Fsp3) is 0.429. The van der Waals surface area contributed by atoms with E-state index in [9.17, 15) is 4.79 Å². The van der Waals surface area contributed by atoms with Gasteiger partial charge in [0.15, 0.2) is 0 Å². The van der Waals surface area contributed by atoms with E-state index in [1.807, 2.05) is 12.1 Å². The molecule has 1 fully saturated rings. The minimum Gasteiger partial charge on any atom is -0.397 e. The molecule has 2 aromatic rings. The van der Waals surface area contributed by atoms with Crippen molar-refractivity contribution >= 4 is 33.1 Å². The molecule has 5 nitrogen and oxygen atoms in total. The number of nitrogens with two attached hydrogens (primary N) is 1. The summed E-state index contributed by atoms with van der Waals surface area (Å²) < 4.78 is 0. The Bertz CT molecular complexity index is 666. The van der Waals surface area contributed by atoms with Gasteiger partial charge in [0, 0.05) is 12.4 Å². The van der Waals surface area contributed by atoms with Gasteiger partial charge in [0.2, 0.25) is 0 Å². The van der Waals surface area contributed by atoms with Crippen LogP contribution in [0.1, 0.15) is 34.2 Å². The lowest BCUT2D eigenvalue weighted by Crippen LogP contribution is -2.18. The molecule has 2 aromatic heterocycles. The van der Waals surface area contributed by atoms with Gasteiger partial charge in [-0.3, -0.25) is 9.69 Å². The normalized spacial score (nSPS) is 19.6. The molecule has 1 aliphatic rings. The first-order valence-corrected chi connectivity index (χ1v) is 7.54. The Kier molecular flexibility index (Phi) is 3.35. The SMILES string of the molecule is CNC(=O)c1sc2nc([C@@H]3CCCN3C)ccc2c1N. The van der Waals surface area contributed by atoms with Crippen molar-refractivity contribution in [2.24, 2.45) is 0 Å². The number of hydrogen-bond acceptors (Lipinski definition) is 5. The van der Waals surface area contributed by atoms with Gasteiger partial charge < -0.3 is 11.1 Å². The Morgan fingerprint density at radius 1 is 1.55 bits per heavy atom. The second kappa shape index (κ2) is 5.03. The highest BCUT2D eigenvalue weighted by Crippen LogP contribution is 2.35. The predicted molar refractivity (Wildman–Crippen MR) is 82.0 cm³/mol. The number of likely N-dealkylation sites (tertiary alicyclic amines) is 1. The zero-order valence-corrected chi connectivity index (χ0v) is 12.5. The number of thiophene rings is 1. The van der Waals surface area contributed by atoms with Crippen LogP contribution in [-0.2, 0) is 0 Å². The molecule has 0 saturated carbocycles. The molecular weight excluding hydrogens is 272 g/mol. The van der Waals surface area contributed by atoms with Gasteiger partial charge >= 0.3 is 0 Å². The minimum absolute atomic E-state index is 0.148. The van der Waals surface area contributed by atoms with E-state index in [2.05, 4.69) is 17.3 Å². The maximum Gasteiger partial charge on any atom is 0.263 e. The molecule has 3 rings (SSSR count). The highest BCUT2D eigenvalue weighted by Gasteiger charge is 2.25. The summed E-state index contributed by atoms with van der Waals surface area (Å²) in [6.45, 7) is 1.11. The number of nitrogens with one attached hydrogen (secondary N) is 1. The Hall–Kier alpha value is -1.66. The molecule has 3 N–H and O–H groups in total. The Morgan fingerprint density at radius 3 is 3.00 bits per heavy atom. The van der Waals surface area contributed by atoms with Crippen LogP contribution in [0.4, 0.5) is 5.69 Å². The van der Waals surface area contributed by atoms with Crippen LogP contribution in [-0.4, -0.2) is 36.4 Å². The van der Waals surface area contributed by atoms with Gasteiger partial charge in [0.25, 0.3) is 5.91 Å². The third-order valence-corrected chi connectivity index (χ3v) is 5.02. The van der Waals surface area contributed by atoms with Gasteiger partial charge in [-0.25, -0.2) is 4.98 Å². The molecule has 1 atom stereocenters. The molecular formula is C14H18N4OS. The number of carbonyl (C=O) groups excluding carboxylic acids is 1. The Balaban J connectivity index is 2.05. The molecule has 3 heterocycles. The molecule has 0 bridgehead atoms. The predicted octanol–water partition coefficient (Wildman–Crippen LogP) is 2.00. The third kappa shape index (κ3) is 2.05. The Labute approximate surface area is 121 Å². The highest BCUT2D eigenvalue weighted by atomic mass is 32.1. The average molecular weight is 290 g/mol. The molecule has 0 aromatic carbocycles. The molecule has 0 radical (unpaired) electrons. The van der Waals surface area contributed by atoms with Crippen molar-refractivity contribution in [1.29, 1.82) is 0 Å². The van der Waals surface area contributed by atoms with Crippen LogP contribution in [0.5, 0.6) is 0 Å². The van der Waals surface area contributed by atoms with Crippen molar-refractivity contribution in [2.45, 2.75) is 18.9 Å². The number of aromatic nitrogens is 1. The molecule has 106 valence electrons. The van der Waals surface area contributed by atoms with Crippen molar-refractivity contribution in [3.63, 3.8) is 0 Å². The summed E-state index contributed by atoms with van der Waals surface area (Å²) in [5, 5.41) is 3.49. The van der Waals surface area contributed by atoms with Crippen molar-refractivity contribution < 1.29 is 4.79 Å². The zero-order chi connectivity index (χ0) is 14.3. The van der Waals surface area contributed by atoms with E-state index in [-0.39, 0.29) is 5.91 Å². The number of nitrogen functional groups attached to an aromatic ring is 1. The number of carbonyl (C=O) groups is 1. The van der Waals surface area contributed by atoms with E-state index >= 15 is 0 Å². The smallest absolute Gasteiger partial charge is 0.263 e. The standard InChI is InChI=1S/C14H18N4OS/c1-16-13(19)12-11(15)8-5-6-9(17-14(8)20-12)10-4-3-7-18(10)2/h5-6,10H,3-4,7,15H2,1-2H3,(H,16,19)/t10-/m0/s1. The van der Waals surface area contributed by atoms with Crippen molar-refractivity contribution in [1.82, 2.24) is 15.2 Å². The summed E-state index contributed by atoms with van der Waals surface area (Å²) in [6.07, 6.45) is 2.34. The largest absolute Gasteiger partial charge is 0.397 e. The summed E-state index contributed by atoms with van der Waals surface area (Å²) in [5.74, 6) is -0.148. The van der Waals surface area contributed by atoms with Gasteiger partial charge in [-0.15, -0.1) is 11.3 Å². The summed E-state index contributed by atoms with van der Waals surface area (Å²) in [7, 11) is 3.74. The molecule has 1 aliphatic heterocycles. The van der Waals surface area contributed by atoms with Crippen LogP contribution in [0.15, 0.2) is 12.1 Å². The van der Waals surface area contributed by atoms with Gasteiger partial charge in [-0.05, 0) is 38.6 Å². The zero-order valence-electron chi connectivity index (χ0n) is 11.6. The van der Waals surface area contributed by atoms with E-state index < -0.39 is 0 Å². The van der Waals surface area contributed by atoms with Crippen LogP contribution in [0.2, 0.25) is 0 Å². The lowest BCUT2D eigenvalue weighted by Gasteiger charge is -2.18. The van der Waals surface area contributed by atoms with Gasteiger partial charge in [-0.1, -0.05) is 0 Å². The van der Waals surface area contributed by atoms with Gasteiger partial charge in [0.1, 0.15) is 9.71 Å². The van der Waals surface area contributed by atoms with Crippen molar-refractivity contribution in [3.05, 3.63) is 22.7 Å². The molecule has 20 heavy (non-hydrogen) atoms. The van der Waals surface area contributed by atoms with Crippen LogP contribution in [0, 0.1) is 0 Å². The second-order valence-corrected chi connectivity index (χ2v) is 6.15. The van der Waals surface area contributed by atoms with Gasteiger partial charge in [0.05, 0.1) is 17.4 Å². The molecule has 1 saturated heterocycles. The maximum atomic E-state index is 11.8. The second-order valence-electron chi connectivity index (χ2n) is 5.15. The van der Waals surface area contributed by atoms with Gasteiger partial charge in [-0.2, -0.15) is 0 Å².